The average molecular weight is 586 g/mol. The summed E-state index contributed by atoms with van der Waals surface area (Å²) in [5.41, 5.74) is 3.13. The number of aromatic nitrogens is 7. The molecule has 6 rings (SSSR count). The molecule has 4 heterocycles. The number of benzene rings is 2. The Balaban J connectivity index is 1.37. The van der Waals surface area contributed by atoms with E-state index in [9.17, 15) is 15.3 Å². The van der Waals surface area contributed by atoms with Gasteiger partial charge in [0.1, 0.15) is 24.6 Å². The van der Waals surface area contributed by atoms with E-state index in [1.54, 1.807) is 4.57 Å². The zero-order valence-corrected chi connectivity index (χ0v) is 23.8. The predicted octanol–water partition coefficient (Wildman–Crippen LogP) is 2.61. The first-order valence-corrected chi connectivity index (χ1v) is 14.3. The number of aliphatic hydroxyl groups is 3. The summed E-state index contributed by atoms with van der Waals surface area (Å²) in [6.45, 7) is 4.39. The first-order valence-electron chi connectivity index (χ1n) is 14.3. The van der Waals surface area contributed by atoms with Crippen molar-refractivity contribution in [1.29, 1.82) is 0 Å². The van der Waals surface area contributed by atoms with Crippen molar-refractivity contribution in [1.82, 2.24) is 34.7 Å². The molecule has 0 aliphatic carbocycles. The zero-order chi connectivity index (χ0) is 29.9. The molecular weight excluding hydrogens is 550 g/mol. The standard InChI is InChI=1S/C30H35N9O4/c1-17(2)21(14-40)35-30-36-26(31-13-20(18-9-5-3-6-10-18)19-11-7-4-8-12-19)22-28(37-30)39(16-33-22)29-24(42)23(41)25(43-29)27-32-15-34-38-27/h3-12,15-17,20-21,23-25,29,40-42H,13-14H2,1-2H3,(H,32,34,38)(H2,31,35,36,37)/t21?,23-,24+,25?,29+/m0/s1. The largest absolute Gasteiger partial charge is 0.394 e. The Morgan fingerprint density at radius 3 is 2.26 bits per heavy atom. The Labute approximate surface area is 248 Å². The molecule has 5 aromatic rings. The maximum atomic E-state index is 11.0. The zero-order valence-electron chi connectivity index (χ0n) is 23.8. The van der Waals surface area contributed by atoms with Gasteiger partial charge in [-0.15, -0.1) is 0 Å². The number of hydrogen-bond acceptors (Lipinski definition) is 11. The van der Waals surface area contributed by atoms with Gasteiger partial charge in [-0.05, 0) is 17.0 Å². The average Bonchev–Trinajstić information content (AvgIpc) is 3.77. The van der Waals surface area contributed by atoms with Crippen LogP contribution in [0.1, 0.15) is 49.0 Å². The number of anilines is 2. The number of nitrogens with zero attached hydrogens (tertiary/aromatic N) is 6. The number of aromatic amines is 1. The molecule has 0 spiro atoms. The second-order valence-corrected chi connectivity index (χ2v) is 11.0. The van der Waals surface area contributed by atoms with Crippen LogP contribution in [0.2, 0.25) is 0 Å². The third kappa shape index (κ3) is 5.79. The second kappa shape index (κ2) is 12.4. The lowest BCUT2D eigenvalue weighted by Gasteiger charge is -2.22. The molecule has 1 aliphatic rings. The van der Waals surface area contributed by atoms with Gasteiger partial charge in [-0.3, -0.25) is 9.67 Å². The van der Waals surface area contributed by atoms with Crippen LogP contribution in [-0.2, 0) is 4.74 Å². The lowest BCUT2D eigenvalue weighted by molar-refractivity contribution is -0.0382. The minimum absolute atomic E-state index is 0.0181. The summed E-state index contributed by atoms with van der Waals surface area (Å²) in [5.74, 6) is 1.17. The molecular formula is C30H35N9O4. The first kappa shape index (κ1) is 28.7. The van der Waals surface area contributed by atoms with Crippen LogP contribution in [0.25, 0.3) is 11.2 Å². The van der Waals surface area contributed by atoms with E-state index in [2.05, 4.69) is 55.1 Å². The van der Waals surface area contributed by atoms with Gasteiger partial charge < -0.3 is 30.7 Å². The van der Waals surface area contributed by atoms with Crippen molar-refractivity contribution in [2.45, 2.75) is 50.3 Å². The van der Waals surface area contributed by atoms with E-state index in [1.807, 2.05) is 50.2 Å². The van der Waals surface area contributed by atoms with Gasteiger partial charge in [-0.25, -0.2) is 9.97 Å². The summed E-state index contributed by atoms with van der Waals surface area (Å²) in [7, 11) is 0. The Morgan fingerprint density at radius 1 is 0.953 bits per heavy atom. The summed E-state index contributed by atoms with van der Waals surface area (Å²) in [4.78, 5) is 18.2. The third-order valence-electron chi connectivity index (χ3n) is 7.83. The topological polar surface area (TPSA) is 179 Å². The molecule has 3 aromatic heterocycles. The lowest BCUT2D eigenvalue weighted by atomic mass is 9.91. The van der Waals surface area contributed by atoms with Gasteiger partial charge in [0.2, 0.25) is 5.95 Å². The molecule has 13 heteroatoms. The molecule has 224 valence electrons. The van der Waals surface area contributed by atoms with Gasteiger partial charge in [0, 0.05) is 12.5 Å². The highest BCUT2D eigenvalue weighted by molar-refractivity contribution is 5.84. The molecule has 1 saturated heterocycles. The number of rotatable bonds is 11. The number of H-pyrrole nitrogens is 1. The van der Waals surface area contributed by atoms with Gasteiger partial charge in [0.15, 0.2) is 29.0 Å². The smallest absolute Gasteiger partial charge is 0.227 e. The fourth-order valence-corrected chi connectivity index (χ4v) is 5.34. The van der Waals surface area contributed by atoms with E-state index in [0.717, 1.165) is 11.1 Å². The molecule has 6 N–H and O–H groups in total. The van der Waals surface area contributed by atoms with Crippen molar-refractivity contribution in [2.75, 3.05) is 23.8 Å². The second-order valence-electron chi connectivity index (χ2n) is 11.0. The molecule has 2 aromatic carbocycles. The number of fused-ring (bicyclic) bond motifs is 1. The highest BCUT2D eigenvalue weighted by atomic mass is 16.6. The van der Waals surface area contributed by atoms with Gasteiger partial charge in [-0.2, -0.15) is 15.1 Å². The summed E-state index contributed by atoms with van der Waals surface area (Å²) in [5, 5.41) is 45.0. The van der Waals surface area contributed by atoms with Crippen molar-refractivity contribution in [3.05, 3.63) is 90.3 Å². The number of ether oxygens (including phenoxy) is 1. The quantitative estimate of drug-likeness (QED) is 0.134. The van der Waals surface area contributed by atoms with Crippen LogP contribution in [0.4, 0.5) is 11.8 Å². The molecule has 0 radical (unpaired) electrons. The molecule has 0 bridgehead atoms. The van der Waals surface area contributed by atoms with Crippen LogP contribution in [0.3, 0.4) is 0 Å². The molecule has 0 amide bonds. The van der Waals surface area contributed by atoms with Crippen molar-refractivity contribution < 1.29 is 20.1 Å². The molecule has 1 aliphatic heterocycles. The molecule has 5 atom stereocenters. The minimum Gasteiger partial charge on any atom is -0.394 e. The third-order valence-corrected chi connectivity index (χ3v) is 7.83. The number of nitrogens with one attached hydrogen (secondary N) is 3. The van der Waals surface area contributed by atoms with Gasteiger partial charge in [-0.1, -0.05) is 74.5 Å². The Kier molecular flexibility index (Phi) is 8.29. The molecule has 2 unspecified atom stereocenters. The van der Waals surface area contributed by atoms with Crippen LogP contribution in [0.5, 0.6) is 0 Å². The highest BCUT2D eigenvalue weighted by Crippen LogP contribution is 2.39. The summed E-state index contributed by atoms with van der Waals surface area (Å²) in [6.07, 6.45) is -1.66. The van der Waals surface area contributed by atoms with Crippen molar-refractivity contribution in [2.24, 2.45) is 5.92 Å². The van der Waals surface area contributed by atoms with Crippen molar-refractivity contribution in [3.8, 4) is 0 Å². The monoisotopic (exact) mass is 585 g/mol. The van der Waals surface area contributed by atoms with E-state index in [4.69, 9.17) is 14.7 Å². The van der Waals surface area contributed by atoms with E-state index in [0.29, 0.717) is 29.4 Å². The highest BCUT2D eigenvalue weighted by Gasteiger charge is 2.46. The maximum Gasteiger partial charge on any atom is 0.227 e. The van der Waals surface area contributed by atoms with Crippen molar-refractivity contribution in [3.63, 3.8) is 0 Å². The normalized spacial score (nSPS) is 21.1. The first-order chi connectivity index (χ1) is 20.9. The van der Waals surface area contributed by atoms with Crippen LogP contribution in [-0.4, -0.2) is 81.4 Å². The van der Waals surface area contributed by atoms with Crippen LogP contribution >= 0.6 is 0 Å². The van der Waals surface area contributed by atoms with E-state index < -0.39 is 24.5 Å². The van der Waals surface area contributed by atoms with Crippen molar-refractivity contribution >= 4 is 22.9 Å². The SMILES string of the molecule is CC(C)C(CO)Nc1nc(NCC(c2ccccc2)c2ccccc2)c2ncn([C@@H]3OC(c4ncn[nH]4)[C@@H](O)[C@H]3O)c2n1. The van der Waals surface area contributed by atoms with E-state index in [-0.39, 0.29) is 30.4 Å². The van der Waals surface area contributed by atoms with Gasteiger partial charge in [0.25, 0.3) is 0 Å². The fourth-order valence-electron chi connectivity index (χ4n) is 5.34. The Hall–Kier alpha value is -4.43. The van der Waals surface area contributed by atoms with Gasteiger partial charge in [0.05, 0.1) is 19.0 Å². The summed E-state index contributed by atoms with van der Waals surface area (Å²) >= 11 is 0. The van der Waals surface area contributed by atoms with Crippen LogP contribution in [0.15, 0.2) is 73.3 Å². The van der Waals surface area contributed by atoms with E-state index in [1.165, 1.54) is 12.7 Å². The molecule has 13 nitrogen and oxygen atoms in total. The lowest BCUT2D eigenvalue weighted by Crippen LogP contribution is -2.31. The maximum absolute atomic E-state index is 11.0. The van der Waals surface area contributed by atoms with Gasteiger partial charge >= 0.3 is 0 Å². The minimum atomic E-state index is -1.29. The molecule has 1 fully saturated rings. The number of aliphatic hydroxyl groups excluding tert-OH is 3. The Bertz CT molecular complexity index is 1580. The fraction of sp³-hybridized carbons (Fsp3) is 0.367. The Morgan fingerprint density at radius 2 is 1.65 bits per heavy atom. The molecule has 43 heavy (non-hydrogen) atoms. The summed E-state index contributed by atoms with van der Waals surface area (Å²) in [6, 6.07) is 20.2. The predicted molar refractivity (Wildman–Crippen MR) is 159 cm³/mol. The number of hydrogen-bond donors (Lipinski definition) is 6. The molecule has 0 saturated carbocycles. The number of imidazole rings is 1. The van der Waals surface area contributed by atoms with Crippen LogP contribution in [0, 0.1) is 5.92 Å². The van der Waals surface area contributed by atoms with E-state index >= 15 is 0 Å². The summed E-state index contributed by atoms with van der Waals surface area (Å²) < 4.78 is 7.64. The van der Waals surface area contributed by atoms with Crippen LogP contribution < -0.4 is 10.6 Å².